The maximum Gasteiger partial charge on any atom is 0.0951 e. The Morgan fingerprint density at radius 3 is 2.69 bits per heavy atom. The van der Waals surface area contributed by atoms with Crippen molar-refractivity contribution in [1.82, 2.24) is 9.55 Å². The van der Waals surface area contributed by atoms with E-state index in [9.17, 15) is 0 Å². The van der Waals surface area contributed by atoms with Crippen LogP contribution in [0.2, 0.25) is 0 Å². The van der Waals surface area contributed by atoms with Crippen LogP contribution >= 0.6 is 15.9 Å². The van der Waals surface area contributed by atoms with Gasteiger partial charge in [0.1, 0.15) is 0 Å². The highest BCUT2D eigenvalue weighted by Crippen LogP contribution is 2.39. The fraction of sp³-hybridized carbons (Fsp3) is 0.308. The molecule has 1 aliphatic carbocycles. The predicted molar refractivity (Wildman–Crippen MR) is 67.4 cm³/mol. The van der Waals surface area contributed by atoms with Crippen molar-refractivity contribution in [2.75, 3.05) is 0 Å². The fourth-order valence-electron chi connectivity index (χ4n) is 1.97. The summed E-state index contributed by atoms with van der Waals surface area (Å²) in [6.45, 7) is 0.930. The van der Waals surface area contributed by atoms with Crippen molar-refractivity contribution in [3.8, 4) is 0 Å². The van der Waals surface area contributed by atoms with Gasteiger partial charge in [-0.05, 0) is 30.5 Å². The zero-order chi connectivity index (χ0) is 11.0. The van der Waals surface area contributed by atoms with E-state index in [-0.39, 0.29) is 0 Å². The minimum Gasteiger partial charge on any atom is -0.330 e. The van der Waals surface area contributed by atoms with Gasteiger partial charge in [-0.25, -0.2) is 4.98 Å². The van der Waals surface area contributed by atoms with E-state index in [1.54, 1.807) is 0 Å². The van der Waals surface area contributed by atoms with Gasteiger partial charge in [0.25, 0.3) is 0 Å². The zero-order valence-electron chi connectivity index (χ0n) is 8.94. The molecule has 0 atom stereocenters. The van der Waals surface area contributed by atoms with Crippen LogP contribution in [-0.4, -0.2) is 9.55 Å². The van der Waals surface area contributed by atoms with Crippen molar-refractivity contribution in [2.45, 2.75) is 25.3 Å². The van der Waals surface area contributed by atoms with E-state index in [1.807, 2.05) is 12.5 Å². The molecule has 0 spiro atoms. The summed E-state index contributed by atoms with van der Waals surface area (Å²) in [5.74, 6) is 0.762. The molecule has 16 heavy (non-hydrogen) atoms. The summed E-state index contributed by atoms with van der Waals surface area (Å²) in [6, 6.07) is 8.48. The van der Waals surface area contributed by atoms with Crippen molar-refractivity contribution in [3.63, 3.8) is 0 Å². The summed E-state index contributed by atoms with van der Waals surface area (Å²) in [5.41, 5.74) is 2.71. The minimum absolute atomic E-state index is 0.762. The molecule has 0 unspecified atom stereocenters. The quantitative estimate of drug-likeness (QED) is 0.838. The molecule has 3 heteroatoms. The summed E-state index contributed by atoms with van der Waals surface area (Å²) in [5, 5.41) is 0. The molecule has 0 N–H and O–H groups in total. The van der Waals surface area contributed by atoms with Crippen LogP contribution in [0.5, 0.6) is 0 Å². The van der Waals surface area contributed by atoms with Gasteiger partial charge < -0.3 is 4.57 Å². The molecular formula is C13H13BrN2. The first-order valence-electron chi connectivity index (χ1n) is 5.57. The van der Waals surface area contributed by atoms with Gasteiger partial charge >= 0.3 is 0 Å². The smallest absolute Gasteiger partial charge is 0.0951 e. The Morgan fingerprint density at radius 2 is 2.00 bits per heavy atom. The monoisotopic (exact) mass is 276 g/mol. The van der Waals surface area contributed by atoms with Crippen LogP contribution in [0, 0.1) is 0 Å². The molecule has 1 fully saturated rings. The number of imidazole rings is 1. The number of rotatable bonds is 3. The van der Waals surface area contributed by atoms with Crippen molar-refractivity contribution in [3.05, 3.63) is 52.5 Å². The minimum atomic E-state index is 0.762. The third-order valence-electron chi connectivity index (χ3n) is 3.01. The number of hydrogen-bond acceptors (Lipinski definition) is 1. The Morgan fingerprint density at radius 1 is 1.25 bits per heavy atom. The van der Waals surface area contributed by atoms with Crippen molar-refractivity contribution in [1.29, 1.82) is 0 Å². The standard InChI is InChI=1S/C13H13BrN2/c14-12-5-1-10(2-6-12)8-16-9-15-7-13(16)11-3-4-11/h1-2,5-7,9,11H,3-4,8H2. The molecule has 0 amide bonds. The molecule has 0 bridgehead atoms. The topological polar surface area (TPSA) is 17.8 Å². The molecule has 0 saturated heterocycles. The van der Waals surface area contributed by atoms with Crippen molar-refractivity contribution < 1.29 is 0 Å². The van der Waals surface area contributed by atoms with Gasteiger partial charge in [0.15, 0.2) is 0 Å². The van der Waals surface area contributed by atoms with Gasteiger partial charge in [0, 0.05) is 28.8 Å². The van der Waals surface area contributed by atoms with Crippen LogP contribution in [0.15, 0.2) is 41.3 Å². The molecule has 1 heterocycles. The average molecular weight is 277 g/mol. The highest BCUT2D eigenvalue weighted by molar-refractivity contribution is 9.10. The molecule has 3 rings (SSSR count). The highest BCUT2D eigenvalue weighted by atomic mass is 79.9. The lowest BCUT2D eigenvalue weighted by molar-refractivity contribution is 0.742. The predicted octanol–water partition coefficient (Wildman–Crippen LogP) is 3.57. The number of benzene rings is 1. The molecule has 0 radical (unpaired) electrons. The zero-order valence-corrected chi connectivity index (χ0v) is 10.5. The van der Waals surface area contributed by atoms with Gasteiger partial charge in [0.05, 0.1) is 6.33 Å². The summed E-state index contributed by atoms with van der Waals surface area (Å²) < 4.78 is 3.39. The molecular weight excluding hydrogens is 264 g/mol. The van der Waals surface area contributed by atoms with E-state index < -0.39 is 0 Å². The molecule has 1 aromatic heterocycles. The number of hydrogen-bond donors (Lipinski definition) is 0. The fourth-order valence-corrected chi connectivity index (χ4v) is 2.23. The summed E-state index contributed by atoms with van der Waals surface area (Å²) >= 11 is 3.45. The van der Waals surface area contributed by atoms with E-state index in [0.717, 1.165) is 16.9 Å². The Kier molecular flexibility index (Phi) is 2.56. The van der Waals surface area contributed by atoms with Crippen LogP contribution in [0.25, 0.3) is 0 Å². The van der Waals surface area contributed by atoms with E-state index in [4.69, 9.17) is 0 Å². The van der Waals surface area contributed by atoms with Crippen LogP contribution in [0.1, 0.15) is 30.0 Å². The second-order valence-corrected chi connectivity index (χ2v) is 5.26. The lowest BCUT2D eigenvalue weighted by Gasteiger charge is -2.07. The molecule has 2 aromatic rings. The van der Waals surface area contributed by atoms with Gasteiger partial charge in [0.2, 0.25) is 0 Å². The van der Waals surface area contributed by atoms with Crippen molar-refractivity contribution in [2.24, 2.45) is 0 Å². The van der Waals surface area contributed by atoms with Crippen LogP contribution in [0.4, 0.5) is 0 Å². The van der Waals surface area contributed by atoms with E-state index in [1.165, 1.54) is 24.1 Å². The first-order valence-corrected chi connectivity index (χ1v) is 6.37. The molecule has 1 aliphatic rings. The molecule has 0 aliphatic heterocycles. The lowest BCUT2D eigenvalue weighted by Crippen LogP contribution is -2.01. The molecule has 2 nitrogen and oxygen atoms in total. The summed E-state index contributed by atoms with van der Waals surface area (Å²) in [7, 11) is 0. The first-order chi connectivity index (χ1) is 7.83. The van der Waals surface area contributed by atoms with Crippen molar-refractivity contribution >= 4 is 15.9 Å². The highest BCUT2D eigenvalue weighted by Gasteiger charge is 2.26. The maximum atomic E-state index is 4.25. The Labute approximate surface area is 103 Å². The van der Waals surface area contributed by atoms with Gasteiger partial charge in [-0.1, -0.05) is 28.1 Å². The number of aromatic nitrogens is 2. The second kappa shape index (κ2) is 4.06. The Bertz CT molecular complexity index is 483. The summed E-state index contributed by atoms with van der Waals surface area (Å²) in [6.07, 6.45) is 6.60. The molecule has 82 valence electrons. The third-order valence-corrected chi connectivity index (χ3v) is 3.53. The maximum absolute atomic E-state index is 4.25. The third kappa shape index (κ3) is 2.05. The Balaban J connectivity index is 1.82. The Hall–Kier alpha value is -1.09. The van der Waals surface area contributed by atoms with Gasteiger partial charge in [-0.15, -0.1) is 0 Å². The number of halogens is 1. The SMILES string of the molecule is Brc1ccc(Cn2cncc2C2CC2)cc1. The second-order valence-electron chi connectivity index (χ2n) is 4.35. The van der Waals surface area contributed by atoms with Gasteiger partial charge in [-0.2, -0.15) is 0 Å². The van der Waals surface area contributed by atoms with Gasteiger partial charge in [-0.3, -0.25) is 0 Å². The average Bonchev–Trinajstić information content (AvgIpc) is 3.03. The van der Waals surface area contributed by atoms with Crippen LogP contribution in [0.3, 0.4) is 0 Å². The summed E-state index contributed by atoms with van der Waals surface area (Å²) in [4.78, 5) is 4.25. The molecule has 1 aromatic carbocycles. The van der Waals surface area contributed by atoms with Crippen LogP contribution < -0.4 is 0 Å². The molecule has 1 saturated carbocycles. The van der Waals surface area contributed by atoms with E-state index in [2.05, 4.69) is 49.7 Å². The largest absolute Gasteiger partial charge is 0.330 e. The lowest BCUT2D eigenvalue weighted by atomic mass is 10.2. The van der Waals surface area contributed by atoms with E-state index in [0.29, 0.717) is 0 Å². The first kappa shape index (κ1) is 10.1. The van der Waals surface area contributed by atoms with E-state index >= 15 is 0 Å². The van der Waals surface area contributed by atoms with Crippen LogP contribution in [-0.2, 0) is 6.54 Å². The number of nitrogens with zero attached hydrogens (tertiary/aromatic N) is 2. The normalized spacial score (nSPS) is 15.3.